The first-order valence-corrected chi connectivity index (χ1v) is 46.5. The summed E-state index contributed by atoms with van der Waals surface area (Å²) in [6, 6.07) is 145. The molecule has 28 aromatic rings. The van der Waals surface area contributed by atoms with Gasteiger partial charge in [-0.05, 0) is 186 Å². The summed E-state index contributed by atoms with van der Waals surface area (Å²) < 4.78 is 13.7. The molecule has 0 amide bonds. The molecule has 21 aromatic carbocycles. The summed E-state index contributed by atoms with van der Waals surface area (Å²) in [5, 5.41) is 26.8. The number of hydrogen-bond acceptors (Lipinski definition) is 6. The van der Waals surface area contributed by atoms with E-state index < -0.39 is 0 Å². The van der Waals surface area contributed by atoms with Crippen molar-refractivity contribution in [3.63, 3.8) is 0 Å². The summed E-state index contributed by atoms with van der Waals surface area (Å²) in [5.41, 5.74) is 37.0. The first kappa shape index (κ1) is 73.0. The van der Waals surface area contributed by atoms with E-state index in [2.05, 4.69) is 422 Å². The number of fused-ring (bicyclic) bond motifs is 24. The Kier molecular flexibility index (Phi) is 14.5. The largest absolute Gasteiger partial charge is 0.455 e. The number of furan rings is 1. The van der Waals surface area contributed by atoms with Crippen molar-refractivity contribution in [1.82, 2.24) is 38.6 Å². The van der Waals surface area contributed by atoms with Crippen molar-refractivity contribution in [2.45, 2.75) is 19.3 Å². The van der Waals surface area contributed by atoms with Crippen LogP contribution in [0.25, 0.3) is 303 Å². The molecule has 9 nitrogen and oxygen atoms in total. The smallest absolute Gasteiger partial charge is 0.235 e. The van der Waals surface area contributed by atoms with E-state index in [1.54, 1.807) is 0 Å². The van der Waals surface area contributed by atoms with Crippen molar-refractivity contribution in [2.75, 3.05) is 0 Å². The molecule has 0 radical (unpaired) electrons. The first-order valence-electron chi connectivity index (χ1n) is 46.5. The highest BCUT2D eigenvalue weighted by atomic mass is 16.3. The van der Waals surface area contributed by atoms with Gasteiger partial charge in [0.2, 0.25) is 11.9 Å². The van der Waals surface area contributed by atoms with Crippen molar-refractivity contribution >= 4 is 174 Å². The summed E-state index contributed by atoms with van der Waals surface area (Å²) in [7, 11) is 0. The Hall–Kier alpha value is -17.8. The number of para-hydroxylation sites is 1. The molecule has 135 heavy (non-hydrogen) atoms. The lowest BCUT2D eigenvalue weighted by molar-refractivity contribution is 0.643. The fourth-order valence-electron chi connectivity index (χ4n) is 24.8. The van der Waals surface area contributed by atoms with Gasteiger partial charge >= 0.3 is 0 Å². The van der Waals surface area contributed by atoms with E-state index in [0.717, 1.165) is 132 Å². The zero-order valence-electron chi connectivity index (χ0n) is 73.1. The van der Waals surface area contributed by atoms with Gasteiger partial charge in [0, 0.05) is 86.9 Å². The molecule has 0 unspecified atom stereocenters. The van der Waals surface area contributed by atoms with Gasteiger partial charge in [-0.3, -0.25) is 13.7 Å². The maximum absolute atomic E-state index is 6.72. The molecular weight excluding hydrogens is 1640 g/mol. The first-order chi connectivity index (χ1) is 66.8. The Morgan fingerprint density at radius 3 is 1.14 bits per heavy atom. The highest BCUT2D eigenvalue weighted by Gasteiger charge is 2.38. The highest BCUT2D eigenvalue weighted by Crippen LogP contribution is 2.58. The Bertz CT molecular complexity index is 10300. The van der Waals surface area contributed by atoms with Crippen LogP contribution in [0.4, 0.5) is 0 Å². The number of benzene rings is 21. The normalized spacial score (nSPS) is 13.0. The summed E-state index contributed by atoms with van der Waals surface area (Å²) >= 11 is 0. The van der Waals surface area contributed by atoms with Crippen LogP contribution in [-0.4, -0.2) is 38.6 Å². The molecule has 5 aliphatic carbocycles. The van der Waals surface area contributed by atoms with Crippen LogP contribution in [0.1, 0.15) is 25.0 Å². The van der Waals surface area contributed by atoms with E-state index >= 15 is 0 Å². The molecule has 0 bridgehead atoms. The third kappa shape index (κ3) is 9.66. The van der Waals surface area contributed by atoms with Crippen LogP contribution in [0.3, 0.4) is 0 Å². The van der Waals surface area contributed by atoms with Gasteiger partial charge < -0.3 is 4.42 Å². The summed E-state index contributed by atoms with van der Waals surface area (Å²) in [5.74, 6) is 2.34. The second-order valence-corrected chi connectivity index (χ2v) is 37.3. The lowest BCUT2D eigenvalue weighted by Crippen LogP contribution is -2.24. The number of rotatable bonds is 4. The van der Waals surface area contributed by atoms with E-state index in [-0.39, 0.29) is 5.41 Å². The van der Waals surface area contributed by atoms with Crippen LogP contribution in [0.5, 0.6) is 0 Å². The SMILES string of the molecule is CC1(C)c2ccccc2-c2nc(-n3c4cccc5c4c4c6c(cccc6ccc43)-c3ccccc3-5)nc3cccc1c23.c1ccc(-c2nc(-n3c4cccc5c4c4c6c(cccc6ccc43)-c3ccccc3-5)nc3c2-c2cccc4cccc-3c24)cc1.c1ccc2c(c1)-c1cccc3ccc4c(c13)c1c-2cccc1n4-c1nc2c3ccccc3c3c4ccccc4oc3c2c2ccccc12. The third-order valence-electron chi connectivity index (χ3n) is 30.3. The molecule has 0 saturated heterocycles. The Morgan fingerprint density at radius 2 is 0.593 bits per heavy atom. The summed E-state index contributed by atoms with van der Waals surface area (Å²) in [6.07, 6.45) is 0. The fourth-order valence-corrected chi connectivity index (χ4v) is 24.8. The minimum absolute atomic E-state index is 0.130. The van der Waals surface area contributed by atoms with Crippen molar-refractivity contribution in [1.29, 1.82) is 0 Å². The van der Waals surface area contributed by atoms with E-state index in [1.807, 2.05) is 6.07 Å². The van der Waals surface area contributed by atoms with Crippen LogP contribution < -0.4 is 0 Å². The molecule has 7 heterocycles. The van der Waals surface area contributed by atoms with Gasteiger partial charge in [-0.2, -0.15) is 0 Å². The minimum Gasteiger partial charge on any atom is -0.455 e. The van der Waals surface area contributed by atoms with Crippen LogP contribution in [-0.2, 0) is 5.41 Å². The van der Waals surface area contributed by atoms with Crippen molar-refractivity contribution in [3.05, 3.63) is 412 Å². The Labute approximate surface area is 771 Å². The van der Waals surface area contributed by atoms with E-state index in [9.17, 15) is 0 Å². The van der Waals surface area contributed by atoms with Gasteiger partial charge in [0.1, 0.15) is 17.0 Å². The molecule has 622 valence electrons. The monoisotopic (exact) mass is 1710 g/mol. The molecule has 0 spiro atoms. The highest BCUT2D eigenvalue weighted by molar-refractivity contribution is 6.37. The summed E-state index contributed by atoms with van der Waals surface area (Å²) in [4.78, 5) is 27.4. The molecule has 7 aromatic heterocycles. The fraction of sp³-hybridized carbons (Fsp3) is 0.0238. The van der Waals surface area contributed by atoms with Gasteiger partial charge in [-0.25, -0.2) is 24.9 Å². The van der Waals surface area contributed by atoms with E-state index in [0.29, 0.717) is 11.9 Å². The van der Waals surface area contributed by atoms with Crippen molar-refractivity contribution in [3.8, 4) is 129 Å². The quantitative estimate of drug-likeness (QED) is 0.163. The topological polar surface area (TPSA) is 92.4 Å². The standard InChI is InChI=1S/C45H24N2O.C42H23N3.C39H25N3/c1-2-13-27-26(12-1)28-19-9-11-25-23-24-36-42(38(25)28)40-29(27)20-10-21-35(40)47(36)45-33-17-6-4-15-31(33)41-43(46-45)32-16-5-3-14-30(32)39-34-18-7-8-22-37(34)48-44(39)41;1-2-10-26(11-3-1)40-38-31-19-7-12-24-13-8-20-32(35(24)31)41(38)44-42(43-40)45-33-21-9-18-30-28-16-5-4-15-27(28)29-17-6-14-25-22-23-34(45)39(36(25)29)37(30)33;1-39(2)28-16-6-5-13-27(28)37-35-29(39)17-9-18-30(35)40-38(41-37)42-31-19-8-15-26-24-12-4-3-11-23(24)25-14-7-10-22-20-21-32(42)36(33(22)25)34(26)31/h1-24H;1-23H;3-21H,1-2H3. The molecule has 5 aliphatic rings. The second-order valence-electron chi connectivity index (χ2n) is 37.3. The number of nitrogens with zero attached hydrogens (tertiary/aromatic N) is 8. The molecule has 0 N–H and O–H groups in total. The molecule has 0 atom stereocenters. The van der Waals surface area contributed by atoms with E-state index in [4.69, 9.17) is 29.3 Å². The van der Waals surface area contributed by atoms with Gasteiger partial charge in [0.15, 0.2) is 0 Å². The lowest BCUT2D eigenvalue weighted by Gasteiger charge is -2.34. The van der Waals surface area contributed by atoms with Gasteiger partial charge in [0.05, 0.1) is 66.6 Å². The molecule has 0 aliphatic heterocycles. The molecule has 0 saturated carbocycles. The average molecular weight is 1710 g/mol. The van der Waals surface area contributed by atoms with Gasteiger partial charge in [-0.15, -0.1) is 0 Å². The molecular formula is C126H72N8O. The number of pyridine rings is 1. The summed E-state index contributed by atoms with van der Waals surface area (Å²) in [6.45, 7) is 4.62. The zero-order chi connectivity index (χ0) is 88.1. The van der Waals surface area contributed by atoms with Crippen molar-refractivity contribution in [2.24, 2.45) is 0 Å². The van der Waals surface area contributed by atoms with Crippen LogP contribution in [0, 0.1) is 0 Å². The van der Waals surface area contributed by atoms with Crippen LogP contribution >= 0.6 is 0 Å². The second kappa shape index (κ2) is 26.7. The zero-order valence-corrected chi connectivity index (χ0v) is 73.1. The average Bonchev–Trinajstić information content (AvgIpc) is 1.58. The van der Waals surface area contributed by atoms with Crippen molar-refractivity contribution < 1.29 is 4.42 Å². The third-order valence-corrected chi connectivity index (χ3v) is 30.3. The number of hydrogen-bond donors (Lipinski definition) is 0. The maximum Gasteiger partial charge on any atom is 0.235 e. The predicted octanol–water partition coefficient (Wildman–Crippen LogP) is 33.0. The molecule has 9 heteroatoms. The Morgan fingerprint density at radius 1 is 0.215 bits per heavy atom. The Balaban J connectivity index is 0.0000000948. The molecule has 33 rings (SSSR count). The van der Waals surface area contributed by atoms with Gasteiger partial charge in [0.25, 0.3) is 0 Å². The molecule has 0 fully saturated rings. The number of aromatic nitrogens is 8. The van der Waals surface area contributed by atoms with Crippen LogP contribution in [0.2, 0.25) is 0 Å². The van der Waals surface area contributed by atoms with Gasteiger partial charge in [-0.1, -0.05) is 366 Å². The maximum atomic E-state index is 6.72. The predicted molar refractivity (Wildman–Crippen MR) is 559 cm³/mol. The minimum atomic E-state index is -0.130. The van der Waals surface area contributed by atoms with E-state index in [1.165, 1.54) is 170 Å². The lowest BCUT2D eigenvalue weighted by atomic mass is 9.70. The van der Waals surface area contributed by atoms with Crippen LogP contribution in [0.15, 0.2) is 405 Å².